The van der Waals surface area contributed by atoms with Crippen LogP contribution in [0, 0.1) is 0 Å². The van der Waals surface area contributed by atoms with Gasteiger partial charge in [0.1, 0.15) is 0 Å². The predicted molar refractivity (Wildman–Crippen MR) is 127 cm³/mol. The molecule has 0 bridgehead atoms. The Morgan fingerprint density at radius 2 is 1.81 bits per heavy atom. The Hall–Kier alpha value is -2.58. The summed E-state index contributed by atoms with van der Waals surface area (Å²) in [5.41, 5.74) is 2.37. The van der Waals surface area contributed by atoms with E-state index in [9.17, 15) is 14.7 Å². The fraction of sp³-hybridized carbons (Fsp3) is 0.0455. The lowest BCUT2D eigenvalue weighted by atomic mass is 10.1. The third-order valence-corrected chi connectivity index (χ3v) is 7.20. The maximum absolute atomic E-state index is 12.6. The number of aromatic nitrogens is 1. The van der Waals surface area contributed by atoms with Crippen LogP contribution >= 0.6 is 46.3 Å². The third-order valence-electron chi connectivity index (χ3n) is 4.39. The Labute approximate surface area is 196 Å². The van der Waals surface area contributed by atoms with Gasteiger partial charge in [-0.1, -0.05) is 47.1 Å². The van der Waals surface area contributed by atoms with Crippen molar-refractivity contribution >= 4 is 74.1 Å². The van der Waals surface area contributed by atoms with Crippen LogP contribution in [-0.4, -0.2) is 22.0 Å². The number of benzene rings is 3. The number of thiazole rings is 1. The Morgan fingerprint density at radius 1 is 1.03 bits per heavy atom. The summed E-state index contributed by atoms with van der Waals surface area (Å²) in [5.74, 6) is -0.994. The molecular weight excluding hydrogens is 475 g/mol. The lowest BCUT2D eigenvalue weighted by molar-refractivity contribution is 0.0692. The van der Waals surface area contributed by atoms with Crippen molar-refractivity contribution in [2.24, 2.45) is 0 Å². The standard InChI is InChI=1S/C22H14Cl2N2O3S2/c23-13-5-7-17(24)12(9-13)11-30-22-26-18-8-6-14(10-19(18)31-22)25-20(27)15-3-1-2-4-16(15)21(28)29/h1-10H,11H2,(H,25,27)(H,28,29). The second-order valence-electron chi connectivity index (χ2n) is 6.49. The molecule has 1 aromatic heterocycles. The van der Waals surface area contributed by atoms with Gasteiger partial charge in [0.2, 0.25) is 0 Å². The number of rotatable bonds is 6. The monoisotopic (exact) mass is 488 g/mol. The van der Waals surface area contributed by atoms with Crippen LogP contribution in [0.3, 0.4) is 0 Å². The van der Waals surface area contributed by atoms with Crippen molar-refractivity contribution in [2.75, 3.05) is 5.32 Å². The van der Waals surface area contributed by atoms with Gasteiger partial charge in [-0.25, -0.2) is 9.78 Å². The van der Waals surface area contributed by atoms with E-state index < -0.39 is 11.9 Å². The van der Waals surface area contributed by atoms with Crippen LogP contribution in [0.15, 0.2) is 65.0 Å². The molecule has 5 nitrogen and oxygen atoms in total. The first-order valence-electron chi connectivity index (χ1n) is 9.02. The fourth-order valence-electron chi connectivity index (χ4n) is 2.90. The van der Waals surface area contributed by atoms with Crippen LogP contribution in [0.25, 0.3) is 10.2 Å². The molecule has 0 fully saturated rings. The molecule has 31 heavy (non-hydrogen) atoms. The molecule has 3 aromatic carbocycles. The van der Waals surface area contributed by atoms with Crippen molar-refractivity contribution < 1.29 is 14.7 Å². The van der Waals surface area contributed by atoms with E-state index >= 15 is 0 Å². The van der Waals surface area contributed by atoms with Gasteiger partial charge < -0.3 is 10.4 Å². The number of nitrogens with one attached hydrogen (secondary N) is 1. The Bertz CT molecular complexity index is 1310. The molecule has 2 N–H and O–H groups in total. The van der Waals surface area contributed by atoms with Crippen LogP contribution < -0.4 is 5.32 Å². The smallest absolute Gasteiger partial charge is 0.336 e. The lowest BCUT2D eigenvalue weighted by Crippen LogP contribution is -2.16. The van der Waals surface area contributed by atoms with E-state index in [1.54, 1.807) is 42.1 Å². The fourth-order valence-corrected chi connectivity index (χ4v) is 5.46. The first-order chi connectivity index (χ1) is 14.9. The number of aromatic carboxylic acids is 1. The zero-order valence-corrected chi connectivity index (χ0v) is 18.9. The minimum Gasteiger partial charge on any atom is -0.478 e. The van der Waals surface area contributed by atoms with E-state index in [4.69, 9.17) is 23.2 Å². The molecule has 0 saturated carbocycles. The zero-order valence-electron chi connectivity index (χ0n) is 15.8. The van der Waals surface area contributed by atoms with Crippen molar-refractivity contribution in [3.05, 3.63) is 87.4 Å². The molecule has 1 heterocycles. The molecule has 0 spiro atoms. The van der Waals surface area contributed by atoms with Crippen LogP contribution in [-0.2, 0) is 5.75 Å². The van der Waals surface area contributed by atoms with E-state index in [-0.39, 0.29) is 11.1 Å². The Balaban J connectivity index is 1.51. The van der Waals surface area contributed by atoms with E-state index in [2.05, 4.69) is 10.3 Å². The van der Waals surface area contributed by atoms with Gasteiger partial charge in [0, 0.05) is 21.5 Å². The van der Waals surface area contributed by atoms with E-state index in [1.165, 1.54) is 23.5 Å². The van der Waals surface area contributed by atoms with Gasteiger partial charge in [-0.15, -0.1) is 11.3 Å². The number of amides is 1. The van der Waals surface area contributed by atoms with E-state index in [1.807, 2.05) is 18.2 Å². The topological polar surface area (TPSA) is 79.3 Å². The number of anilines is 1. The number of fused-ring (bicyclic) bond motifs is 1. The Kier molecular flexibility index (Phi) is 6.48. The summed E-state index contributed by atoms with van der Waals surface area (Å²) in [6.45, 7) is 0. The molecule has 4 aromatic rings. The van der Waals surface area contributed by atoms with Crippen molar-refractivity contribution in [3.8, 4) is 0 Å². The maximum Gasteiger partial charge on any atom is 0.336 e. The largest absolute Gasteiger partial charge is 0.478 e. The number of carboxylic acids is 1. The molecule has 4 rings (SSSR count). The molecule has 0 aliphatic rings. The Morgan fingerprint density at radius 3 is 2.58 bits per heavy atom. The molecule has 156 valence electrons. The van der Waals surface area contributed by atoms with Crippen LogP contribution in [0.2, 0.25) is 10.0 Å². The number of nitrogens with zero attached hydrogens (tertiary/aromatic N) is 1. The SMILES string of the molecule is O=C(O)c1ccccc1C(=O)Nc1ccc2nc(SCc3cc(Cl)ccc3Cl)sc2c1. The maximum atomic E-state index is 12.6. The number of hydrogen-bond acceptors (Lipinski definition) is 5. The van der Waals surface area contributed by atoms with Crippen molar-refractivity contribution in [3.63, 3.8) is 0 Å². The molecule has 1 amide bonds. The normalized spacial score (nSPS) is 10.9. The highest BCUT2D eigenvalue weighted by Crippen LogP contribution is 2.34. The second kappa shape index (κ2) is 9.28. The number of carbonyl (C=O) groups excluding carboxylic acids is 1. The first kappa shape index (κ1) is 21.6. The van der Waals surface area contributed by atoms with Gasteiger partial charge in [-0.05, 0) is 54.1 Å². The highest BCUT2D eigenvalue weighted by Gasteiger charge is 2.16. The minimum atomic E-state index is -1.15. The molecule has 0 atom stereocenters. The highest BCUT2D eigenvalue weighted by atomic mass is 35.5. The number of thioether (sulfide) groups is 1. The summed E-state index contributed by atoms with van der Waals surface area (Å²) in [6.07, 6.45) is 0. The summed E-state index contributed by atoms with van der Waals surface area (Å²) < 4.78 is 1.77. The van der Waals surface area contributed by atoms with E-state index in [0.29, 0.717) is 21.5 Å². The lowest BCUT2D eigenvalue weighted by Gasteiger charge is -2.07. The third kappa shape index (κ3) is 5.02. The molecule has 0 radical (unpaired) electrons. The van der Waals surface area contributed by atoms with Crippen LogP contribution in [0.5, 0.6) is 0 Å². The summed E-state index contributed by atoms with van der Waals surface area (Å²) in [6, 6.07) is 16.8. The average Bonchev–Trinajstić information content (AvgIpc) is 3.16. The molecule has 0 unspecified atom stereocenters. The highest BCUT2D eigenvalue weighted by molar-refractivity contribution is 8.00. The van der Waals surface area contributed by atoms with Crippen molar-refractivity contribution in [1.82, 2.24) is 4.98 Å². The minimum absolute atomic E-state index is 0.0442. The predicted octanol–water partition coefficient (Wildman–Crippen LogP) is 6.85. The number of carbonyl (C=O) groups is 2. The van der Waals surface area contributed by atoms with Gasteiger partial charge in [-0.3, -0.25) is 4.79 Å². The number of hydrogen-bond donors (Lipinski definition) is 2. The van der Waals surface area contributed by atoms with Crippen molar-refractivity contribution in [2.45, 2.75) is 10.1 Å². The molecule has 9 heteroatoms. The summed E-state index contributed by atoms with van der Waals surface area (Å²) in [5, 5.41) is 13.3. The molecule has 0 saturated heterocycles. The van der Waals surface area contributed by atoms with Gasteiger partial charge in [-0.2, -0.15) is 0 Å². The summed E-state index contributed by atoms with van der Waals surface area (Å²) in [7, 11) is 0. The summed E-state index contributed by atoms with van der Waals surface area (Å²) >= 11 is 15.3. The quantitative estimate of drug-likeness (QED) is 0.290. The molecular formula is C22H14Cl2N2O3S2. The van der Waals surface area contributed by atoms with E-state index in [0.717, 1.165) is 20.1 Å². The molecule has 0 aliphatic heterocycles. The zero-order chi connectivity index (χ0) is 22.0. The van der Waals surface area contributed by atoms with Gasteiger partial charge in [0.15, 0.2) is 4.34 Å². The molecule has 0 aliphatic carbocycles. The number of halogens is 2. The second-order valence-corrected chi connectivity index (χ2v) is 9.59. The van der Waals surface area contributed by atoms with Gasteiger partial charge in [0.25, 0.3) is 5.91 Å². The van der Waals surface area contributed by atoms with Gasteiger partial charge in [0.05, 0.1) is 21.3 Å². The van der Waals surface area contributed by atoms with Crippen molar-refractivity contribution in [1.29, 1.82) is 0 Å². The average molecular weight is 489 g/mol. The first-order valence-corrected chi connectivity index (χ1v) is 11.6. The van der Waals surface area contributed by atoms with Crippen LogP contribution in [0.4, 0.5) is 5.69 Å². The number of carboxylic acid groups (broad SMARTS) is 1. The van der Waals surface area contributed by atoms with Gasteiger partial charge >= 0.3 is 5.97 Å². The van der Waals surface area contributed by atoms with Crippen LogP contribution in [0.1, 0.15) is 26.3 Å². The summed E-state index contributed by atoms with van der Waals surface area (Å²) in [4.78, 5) is 28.6.